The van der Waals surface area contributed by atoms with Crippen LogP contribution in [0.1, 0.15) is 12.5 Å². The molecule has 0 unspecified atom stereocenters. The van der Waals surface area contributed by atoms with E-state index in [2.05, 4.69) is 15.7 Å². The van der Waals surface area contributed by atoms with E-state index in [0.29, 0.717) is 11.4 Å². The Kier molecular flexibility index (Phi) is 4.89. The van der Waals surface area contributed by atoms with Gasteiger partial charge in [-0.1, -0.05) is 24.3 Å². The molecule has 0 aliphatic carbocycles. The minimum absolute atomic E-state index is 0.146. The number of benzene rings is 2. The Morgan fingerprint density at radius 1 is 1.00 bits per heavy atom. The molecule has 0 saturated heterocycles. The number of carbonyl (C=O) groups excluding carboxylic acids is 2. The number of para-hydroxylation sites is 1. The van der Waals surface area contributed by atoms with Crippen LogP contribution in [0.5, 0.6) is 0 Å². The summed E-state index contributed by atoms with van der Waals surface area (Å²) in [6.07, 6.45) is 3.74. The Balaban J connectivity index is 1.63. The second kappa shape index (κ2) is 7.44. The average molecular weight is 334 g/mol. The van der Waals surface area contributed by atoms with Crippen LogP contribution in [0.25, 0.3) is 5.69 Å². The molecule has 0 fully saturated rings. The lowest BCUT2D eigenvalue weighted by Gasteiger charge is -2.07. The number of rotatable bonds is 5. The van der Waals surface area contributed by atoms with Crippen molar-refractivity contribution in [2.24, 2.45) is 0 Å². The molecule has 0 atom stereocenters. The van der Waals surface area contributed by atoms with Gasteiger partial charge in [-0.2, -0.15) is 5.10 Å². The first-order chi connectivity index (χ1) is 12.1. The summed E-state index contributed by atoms with van der Waals surface area (Å²) in [5.74, 6) is -0.301. The summed E-state index contributed by atoms with van der Waals surface area (Å²) in [5, 5.41) is 9.79. The standard InChI is InChI=1S/C19H18N4O2/c1-14(24)21-16-6-5-7-17(11-16)22-19(25)10-15-12-20-23(13-15)18-8-3-2-4-9-18/h2-9,11-13H,10H2,1H3,(H,21,24)(H,22,25). The van der Waals surface area contributed by atoms with Crippen molar-refractivity contribution in [3.63, 3.8) is 0 Å². The lowest BCUT2D eigenvalue weighted by Crippen LogP contribution is -2.14. The number of amides is 2. The summed E-state index contributed by atoms with van der Waals surface area (Å²) >= 11 is 0. The van der Waals surface area contributed by atoms with Crippen LogP contribution in [-0.4, -0.2) is 21.6 Å². The van der Waals surface area contributed by atoms with Crippen molar-refractivity contribution >= 4 is 23.2 Å². The van der Waals surface area contributed by atoms with Gasteiger partial charge in [0.2, 0.25) is 11.8 Å². The maximum Gasteiger partial charge on any atom is 0.228 e. The van der Waals surface area contributed by atoms with Gasteiger partial charge >= 0.3 is 0 Å². The normalized spacial score (nSPS) is 10.3. The molecule has 6 heteroatoms. The van der Waals surface area contributed by atoms with Gasteiger partial charge in [0.25, 0.3) is 0 Å². The summed E-state index contributed by atoms with van der Waals surface area (Å²) < 4.78 is 1.74. The van der Waals surface area contributed by atoms with E-state index in [4.69, 9.17) is 0 Å². The molecule has 0 saturated carbocycles. The maximum absolute atomic E-state index is 12.2. The van der Waals surface area contributed by atoms with Crippen LogP contribution in [0.4, 0.5) is 11.4 Å². The fourth-order valence-corrected chi connectivity index (χ4v) is 2.44. The van der Waals surface area contributed by atoms with Crippen LogP contribution < -0.4 is 10.6 Å². The Hall–Kier alpha value is -3.41. The molecule has 2 amide bonds. The molecule has 126 valence electrons. The Labute approximate surface area is 145 Å². The van der Waals surface area contributed by atoms with E-state index in [1.165, 1.54) is 6.92 Å². The van der Waals surface area contributed by atoms with Gasteiger partial charge in [-0.3, -0.25) is 9.59 Å². The van der Waals surface area contributed by atoms with Crippen molar-refractivity contribution < 1.29 is 9.59 Å². The predicted octanol–water partition coefficient (Wildman–Crippen LogP) is 3.01. The Morgan fingerprint density at radius 2 is 1.72 bits per heavy atom. The molecule has 0 radical (unpaired) electrons. The average Bonchev–Trinajstić information content (AvgIpc) is 3.03. The van der Waals surface area contributed by atoms with Crippen LogP contribution in [0, 0.1) is 0 Å². The highest BCUT2D eigenvalue weighted by atomic mass is 16.2. The second-order valence-electron chi connectivity index (χ2n) is 5.62. The number of hydrogen-bond acceptors (Lipinski definition) is 3. The molecular formula is C19H18N4O2. The molecule has 0 aliphatic heterocycles. The monoisotopic (exact) mass is 334 g/mol. The van der Waals surface area contributed by atoms with Crippen molar-refractivity contribution in [2.75, 3.05) is 10.6 Å². The summed E-state index contributed by atoms with van der Waals surface area (Å²) in [6, 6.07) is 16.7. The third-order valence-corrected chi connectivity index (χ3v) is 3.49. The smallest absolute Gasteiger partial charge is 0.228 e. The van der Waals surface area contributed by atoms with Gasteiger partial charge < -0.3 is 10.6 Å². The molecule has 2 aromatic carbocycles. The van der Waals surface area contributed by atoms with E-state index in [9.17, 15) is 9.59 Å². The highest BCUT2D eigenvalue weighted by Gasteiger charge is 2.08. The molecule has 3 aromatic rings. The van der Waals surface area contributed by atoms with E-state index in [1.54, 1.807) is 35.1 Å². The highest BCUT2D eigenvalue weighted by Crippen LogP contribution is 2.15. The molecule has 25 heavy (non-hydrogen) atoms. The number of hydrogen-bond donors (Lipinski definition) is 2. The number of nitrogens with one attached hydrogen (secondary N) is 2. The van der Waals surface area contributed by atoms with E-state index >= 15 is 0 Å². The molecule has 0 spiro atoms. The second-order valence-corrected chi connectivity index (χ2v) is 5.62. The van der Waals surface area contributed by atoms with Gasteiger partial charge in [0.15, 0.2) is 0 Å². The van der Waals surface area contributed by atoms with Crippen LogP contribution in [0.2, 0.25) is 0 Å². The van der Waals surface area contributed by atoms with Gasteiger partial charge in [0.1, 0.15) is 0 Å². The number of nitrogens with zero attached hydrogens (tertiary/aromatic N) is 2. The zero-order valence-corrected chi connectivity index (χ0v) is 13.8. The molecule has 1 heterocycles. The van der Waals surface area contributed by atoms with Gasteiger partial charge in [0, 0.05) is 24.5 Å². The molecule has 3 rings (SSSR count). The fourth-order valence-electron chi connectivity index (χ4n) is 2.44. The third kappa shape index (κ3) is 4.54. The van der Waals surface area contributed by atoms with Crippen LogP contribution in [0.15, 0.2) is 67.0 Å². The number of carbonyl (C=O) groups is 2. The van der Waals surface area contributed by atoms with Crippen molar-refractivity contribution in [3.8, 4) is 5.69 Å². The summed E-state index contributed by atoms with van der Waals surface area (Å²) in [5.41, 5.74) is 3.03. The van der Waals surface area contributed by atoms with E-state index in [0.717, 1.165) is 11.3 Å². The van der Waals surface area contributed by atoms with Crippen molar-refractivity contribution in [2.45, 2.75) is 13.3 Å². The topological polar surface area (TPSA) is 76.0 Å². The summed E-state index contributed by atoms with van der Waals surface area (Å²) in [4.78, 5) is 23.3. The molecule has 2 N–H and O–H groups in total. The van der Waals surface area contributed by atoms with E-state index < -0.39 is 0 Å². The lowest BCUT2D eigenvalue weighted by molar-refractivity contribution is -0.115. The third-order valence-electron chi connectivity index (χ3n) is 3.49. The molecule has 1 aromatic heterocycles. The lowest BCUT2D eigenvalue weighted by atomic mass is 10.2. The van der Waals surface area contributed by atoms with E-state index in [-0.39, 0.29) is 18.2 Å². The van der Waals surface area contributed by atoms with Gasteiger partial charge in [-0.05, 0) is 35.9 Å². The summed E-state index contributed by atoms with van der Waals surface area (Å²) in [7, 11) is 0. The minimum atomic E-state index is -0.156. The van der Waals surface area contributed by atoms with Crippen molar-refractivity contribution in [1.29, 1.82) is 0 Å². The Bertz CT molecular complexity index is 887. The zero-order chi connectivity index (χ0) is 17.6. The minimum Gasteiger partial charge on any atom is -0.326 e. The van der Waals surface area contributed by atoms with Crippen molar-refractivity contribution in [3.05, 3.63) is 72.6 Å². The number of aromatic nitrogens is 2. The fraction of sp³-hybridized carbons (Fsp3) is 0.105. The van der Waals surface area contributed by atoms with Gasteiger partial charge in [-0.15, -0.1) is 0 Å². The molecule has 6 nitrogen and oxygen atoms in total. The van der Waals surface area contributed by atoms with Gasteiger partial charge in [0.05, 0.1) is 18.3 Å². The number of anilines is 2. The van der Waals surface area contributed by atoms with Crippen LogP contribution in [-0.2, 0) is 16.0 Å². The quantitative estimate of drug-likeness (QED) is 0.753. The first-order valence-electron chi connectivity index (χ1n) is 7.86. The van der Waals surface area contributed by atoms with Crippen LogP contribution in [0.3, 0.4) is 0 Å². The first-order valence-corrected chi connectivity index (χ1v) is 7.86. The SMILES string of the molecule is CC(=O)Nc1cccc(NC(=O)Cc2cnn(-c3ccccc3)c2)c1. The molecule has 0 bridgehead atoms. The van der Waals surface area contributed by atoms with E-state index in [1.807, 2.05) is 36.5 Å². The zero-order valence-electron chi connectivity index (χ0n) is 13.8. The maximum atomic E-state index is 12.2. The van der Waals surface area contributed by atoms with Crippen LogP contribution >= 0.6 is 0 Å². The predicted molar refractivity (Wildman–Crippen MR) is 96.6 cm³/mol. The highest BCUT2D eigenvalue weighted by molar-refractivity contribution is 5.94. The molecule has 0 aliphatic rings. The summed E-state index contributed by atoms with van der Waals surface area (Å²) in [6.45, 7) is 1.44. The van der Waals surface area contributed by atoms with Crippen molar-refractivity contribution in [1.82, 2.24) is 9.78 Å². The van der Waals surface area contributed by atoms with Gasteiger partial charge in [-0.25, -0.2) is 4.68 Å². The largest absolute Gasteiger partial charge is 0.326 e. The first kappa shape index (κ1) is 16.4. The Morgan fingerprint density at radius 3 is 2.44 bits per heavy atom. The molecular weight excluding hydrogens is 316 g/mol.